The Morgan fingerprint density at radius 1 is 1.53 bits per heavy atom. The summed E-state index contributed by atoms with van der Waals surface area (Å²) in [6.45, 7) is 2.01. The largest absolute Gasteiger partial charge is 0.486 e. The predicted molar refractivity (Wildman–Crippen MR) is 62.6 cm³/mol. The van der Waals surface area contributed by atoms with Gasteiger partial charge in [0, 0.05) is 13.0 Å². The summed E-state index contributed by atoms with van der Waals surface area (Å²) in [6.07, 6.45) is 0.377. The second-order valence-corrected chi connectivity index (χ2v) is 4.12. The Bertz CT molecular complexity index is 433. The molecule has 17 heavy (non-hydrogen) atoms. The Labute approximate surface area is 99.0 Å². The van der Waals surface area contributed by atoms with Gasteiger partial charge in [-0.2, -0.15) is 0 Å². The van der Waals surface area contributed by atoms with E-state index < -0.39 is 5.97 Å². The molecule has 0 amide bonds. The number of hydrogen-bond acceptors (Lipinski definition) is 4. The number of ether oxygens (including phenoxy) is 1. The molecular weight excluding hydrogens is 222 g/mol. The van der Waals surface area contributed by atoms with E-state index in [0.29, 0.717) is 12.2 Å². The van der Waals surface area contributed by atoms with Crippen LogP contribution in [0.5, 0.6) is 5.75 Å². The average molecular weight is 237 g/mol. The molecule has 0 bridgehead atoms. The zero-order chi connectivity index (χ0) is 12.4. The molecule has 0 radical (unpaired) electrons. The van der Waals surface area contributed by atoms with E-state index in [1.165, 1.54) is 12.1 Å². The van der Waals surface area contributed by atoms with Crippen LogP contribution in [0.15, 0.2) is 18.2 Å². The van der Waals surface area contributed by atoms with Gasteiger partial charge in [0.05, 0.1) is 17.3 Å². The van der Waals surface area contributed by atoms with Crippen LogP contribution in [0.2, 0.25) is 0 Å². The molecule has 2 atom stereocenters. The molecule has 1 aliphatic rings. The van der Waals surface area contributed by atoms with E-state index in [4.69, 9.17) is 14.9 Å². The van der Waals surface area contributed by atoms with Crippen molar-refractivity contribution in [3.8, 4) is 5.75 Å². The van der Waals surface area contributed by atoms with Crippen LogP contribution in [0, 0.1) is 0 Å². The third-order valence-corrected chi connectivity index (χ3v) is 2.86. The molecule has 3 N–H and O–H groups in total. The lowest BCUT2D eigenvalue weighted by Crippen LogP contribution is -2.39. The van der Waals surface area contributed by atoms with E-state index in [9.17, 15) is 4.79 Å². The molecule has 0 aromatic heterocycles. The van der Waals surface area contributed by atoms with Crippen LogP contribution in [-0.2, 0) is 0 Å². The quantitative estimate of drug-likeness (QED) is 0.739. The summed E-state index contributed by atoms with van der Waals surface area (Å²) in [4.78, 5) is 10.8. The van der Waals surface area contributed by atoms with Crippen molar-refractivity contribution in [3.05, 3.63) is 23.8 Å². The Morgan fingerprint density at radius 2 is 2.29 bits per heavy atom. The molecule has 1 aromatic rings. The van der Waals surface area contributed by atoms with E-state index in [0.717, 1.165) is 5.69 Å². The van der Waals surface area contributed by atoms with Gasteiger partial charge in [0.2, 0.25) is 0 Å². The number of nitrogens with one attached hydrogen (secondary N) is 1. The number of carbonyl (C=O) groups is 1. The summed E-state index contributed by atoms with van der Waals surface area (Å²) in [5.74, 6) is -0.449. The molecule has 92 valence electrons. The van der Waals surface area contributed by atoms with Crippen molar-refractivity contribution in [2.24, 2.45) is 0 Å². The SMILES string of the molecule is CC1Nc2ccc(C(=O)O)cc2OC1CCO. The highest BCUT2D eigenvalue weighted by atomic mass is 16.5. The van der Waals surface area contributed by atoms with E-state index in [1.807, 2.05) is 6.92 Å². The molecular formula is C12H15NO4. The number of hydrogen-bond donors (Lipinski definition) is 3. The lowest BCUT2D eigenvalue weighted by atomic mass is 10.1. The van der Waals surface area contributed by atoms with Gasteiger partial charge in [0.25, 0.3) is 0 Å². The normalized spacial score (nSPS) is 22.2. The smallest absolute Gasteiger partial charge is 0.335 e. The molecule has 1 aliphatic heterocycles. The third-order valence-electron chi connectivity index (χ3n) is 2.86. The van der Waals surface area contributed by atoms with E-state index in [2.05, 4.69) is 5.32 Å². The summed E-state index contributed by atoms with van der Waals surface area (Å²) in [6, 6.07) is 4.83. The minimum Gasteiger partial charge on any atom is -0.486 e. The lowest BCUT2D eigenvalue weighted by Gasteiger charge is -2.32. The number of aromatic carboxylic acids is 1. The number of carboxylic acids is 1. The maximum Gasteiger partial charge on any atom is 0.335 e. The third kappa shape index (κ3) is 2.34. The maximum absolute atomic E-state index is 10.8. The highest BCUT2D eigenvalue weighted by Gasteiger charge is 2.26. The summed E-state index contributed by atoms with van der Waals surface area (Å²) >= 11 is 0. The van der Waals surface area contributed by atoms with Gasteiger partial charge in [-0.05, 0) is 25.1 Å². The number of aliphatic hydroxyl groups excluding tert-OH is 1. The molecule has 2 unspecified atom stereocenters. The molecule has 0 spiro atoms. The highest BCUT2D eigenvalue weighted by Crippen LogP contribution is 2.33. The molecule has 1 heterocycles. The summed E-state index contributed by atoms with van der Waals surface area (Å²) in [7, 11) is 0. The van der Waals surface area contributed by atoms with Crippen LogP contribution in [-0.4, -0.2) is 34.9 Å². The van der Waals surface area contributed by atoms with Crippen molar-refractivity contribution in [3.63, 3.8) is 0 Å². The highest BCUT2D eigenvalue weighted by molar-refractivity contribution is 5.89. The molecule has 1 aromatic carbocycles. The molecule has 5 heteroatoms. The van der Waals surface area contributed by atoms with Gasteiger partial charge in [0.1, 0.15) is 11.9 Å². The van der Waals surface area contributed by atoms with E-state index in [1.54, 1.807) is 6.07 Å². The molecule has 5 nitrogen and oxygen atoms in total. The van der Waals surface area contributed by atoms with Crippen molar-refractivity contribution in [2.45, 2.75) is 25.5 Å². The van der Waals surface area contributed by atoms with Gasteiger partial charge >= 0.3 is 5.97 Å². The Hall–Kier alpha value is -1.75. The summed E-state index contributed by atoms with van der Waals surface area (Å²) in [5, 5.41) is 21.0. The molecule has 0 aliphatic carbocycles. The zero-order valence-electron chi connectivity index (χ0n) is 9.51. The zero-order valence-corrected chi connectivity index (χ0v) is 9.51. The average Bonchev–Trinajstić information content (AvgIpc) is 2.29. The topological polar surface area (TPSA) is 78.8 Å². The van der Waals surface area contributed by atoms with Gasteiger partial charge in [-0.15, -0.1) is 0 Å². The number of anilines is 1. The first-order chi connectivity index (χ1) is 8.11. The molecule has 2 rings (SSSR count). The first-order valence-corrected chi connectivity index (χ1v) is 5.53. The van der Waals surface area contributed by atoms with Crippen molar-refractivity contribution < 1.29 is 19.7 Å². The van der Waals surface area contributed by atoms with Gasteiger partial charge < -0.3 is 20.3 Å². The summed E-state index contributed by atoms with van der Waals surface area (Å²) in [5.41, 5.74) is 0.986. The summed E-state index contributed by atoms with van der Waals surface area (Å²) < 4.78 is 5.69. The molecule has 0 fully saturated rings. The van der Waals surface area contributed by atoms with Crippen molar-refractivity contribution >= 4 is 11.7 Å². The number of rotatable bonds is 3. The fourth-order valence-electron chi connectivity index (χ4n) is 1.91. The fourth-order valence-corrected chi connectivity index (χ4v) is 1.91. The van der Waals surface area contributed by atoms with Gasteiger partial charge in [0.15, 0.2) is 0 Å². The standard InChI is InChI=1S/C12H15NO4/c1-7-10(4-5-14)17-11-6-8(12(15)16)2-3-9(11)13-7/h2-3,6-7,10,13-14H,4-5H2,1H3,(H,15,16). The predicted octanol–water partition coefficient (Wildman–Crippen LogP) is 1.33. The Kier molecular flexibility index (Phi) is 3.19. The van der Waals surface area contributed by atoms with Crippen LogP contribution in [0.25, 0.3) is 0 Å². The molecule has 0 saturated heterocycles. The van der Waals surface area contributed by atoms with Crippen LogP contribution < -0.4 is 10.1 Å². The van der Waals surface area contributed by atoms with Crippen LogP contribution in [0.1, 0.15) is 23.7 Å². The van der Waals surface area contributed by atoms with Crippen molar-refractivity contribution in [1.29, 1.82) is 0 Å². The Morgan fingerprint density at radius 3 is 2.94 bits per heavy atom. The number of carboxylic acid groups (broad SMARTS) is 1. The maximum atomic E-state index is 10.8. The van der Waals surface area contributed by atoms with Crippen LogP contribution in [0.3, 0.4) is 0 Å². The van der Waals surface area contributed by atoms with E-state index >= 15 is 0 Å². The fraction of sp³-hybridized carbons (Fsp3) is 0.417. The van der Waals surface area contributed by atoms with Gasteiger partial charge in [-0.3, -0.25) is 0 Å². The first-order valence-electron chi connectivity index (χ1n) is 5.53. The number of fused-ring (bicyclic) bond motifs is 1. The lowest BCUT2D eigenvalue weighted by molar-refractivity contribution is 0.0695. The number of benzene rings is 1. The minimum atomic E-state index is -0.978. The van der Waals surface area contributed by atoms with E-state index in [-0.39, 0.29) is 24.3 Å². The second kappa shape index (κ2) is 4.63. The monoisotopic (exact) mass is 237 g/mol. The van der Waals surface area contributed by atoms with Gasteiger partial charge in [-0.1, -0.05) is 0 Å². The Balaban J connectivity index is 2.27. The second-order valence-electron chi connectivity index (χ2n) is 4.12. The first kappa shape index (κ1) is 11.7. The van der Waals surface area contributed by atoms with Crippen LogP contribution >= 0.6 is 0 Å². The van der Waals surface area contributed by atoms with Crippen molar-refractivity contribution in [2.75, 3.05) is 11.9 Å². The number of aliphatic hydroxyl groups is 1. The molecule has 0 saturated carbocycles. The van der Waals surface area contributed by atoms with Crippen LogP contribution in [0.4, 0.5) is 5.69 Å². The van der Waals surface area contributed by atoms with Gasteiger partial charge in [-0.25, -0.2) is 4.79 Å². The minimum absolute atomic E-state index is 0.0463. The van der Waals surface area contributed by atoms with Crippen molar-refractivity contribution in [1.82, 2.24) is 0 Å².